The zero-order valence-corrected chi connectivity index (χ0v) is 36.5. The van der Waals surface area contributed by atoms with Crippen molar-refractivity contribution in [3.8, 4) is 0 Å². The van der Waals surface area contributed by atoms with Crippen molar-refractivity contribution in [2.24, 2.45) is 0 Å². The zero-order valence-electron chi connectivity index (χ0n) is 36.5. The van der Waals surface area contributed by atoms with Gasteiger partial charge in [-0.2, -0.15) is 0 Å². The number of Topliss-reactive ketones (excluding diaryl/α,β-unsaturated/α-hetero) is 1. The van der Waals surface area contributed by atoms with E-state index in [1.54, 1.807) is 9.80 Å². The number of carbonyl (C=O) groups excluding carboxylic acids is 4. The first kappa shape index (κ1) is 59.0. The number of hydrogen-bond donors (Lipinski definition) is 8. The third-order valence-electron chi connectivity index (χ3n) is 8.49. The Bertz CT molecular complexity index is 1170. The number of carbonyl (C=O) groups is 7. The number of aliphatic hydroxyl groups excluding tert-OH is 2. The maximum Gasteiger partial charge on any atom is 0.317 e. The summed E-state index contributed by atoms with van der Waals surface area (Å²) in [7, 11) is 0. The molecule has 24 nitrogen and oxygen atoms in total. The molecule has 0 unspecified atom stereocenters. The molecule has 3 amide bonds. The van der Waals surface area contributed by atoms with E-state index in [1.165, 1.54) is 0 Å². The van der Waals surface area contributed by atoms with Crippen molar-refractivity contribution in [2.45, 2.75) is 38.5 Å². The van der Waals surface area contributed by atoms with Crippen molar-refractivity contribution in [3.63, 3.8) is 0 Å². The van der Waals surface area contributed by atoms with Crippen LogP contribution in [0.3, 0.4) is 0 Å². The van der Waals surface area contributed by atoms with Crippen LogP contribution in [0.4, 0.5) is 0 Å². The number of aliphatic hydroxyl groups is 2. The monoisotopic (exact) mass is 912 g/mol. The van der Waals surface area contributed by atoms with E-state index in [0.29, 0.717) is 58.9 Å². The van der Waals surface area contributed by atoms with Gasteiger partial charge in [-0.3, -0.25) is 48.3 Å². The first-order valence-electron chi connectivity index (χ1n) is 21.2. The smallest absolute Gasteiger partial charge is 0.317 e. The highest BCUT2D eigenvalue weighted by atomic mass is 16.5. The average Bonchev–Trinajstić information content (AvgIpc) is 3.23. The van der Waals surface area contributed by atoms with Gasteiger partial charge in [-0.05, 0) is 6.42 Å². The van der Waals surface area contributed by atoms with E-state index < -0.39 is 17.9 Å². The summed E-state index contributed by atoms with van der Waals surface area (Å²) in [4.78, 5) is 86.4. The first-order chi connectivity index (χ1) is 30.4. The molecule has 0 bridgehead atoms. The van der Waals surface area contributed by atoms with Gasteiger partial charge in [-0.25, -0.2) is 0 Å². The number of aliphatic carboxylic acids is 3. The predicted octanol–water partition coefficient (Wildman–Crippen LogP) is -3.51. The molecule has 63 heavy (non-hydrogen) atoms. The normalized spacial score (nSPS) is 11.3. The maximum absolute atomic E-state index is 12.7. The van der Waals surface area contributed by atoms with Gasteiger partial charge < -0.3 is 69.9 Å². The minimum Gasteiger partial charge on any atom is -0.481 e. The molecule has 0 rings (SSSR count). The van der Waals surface area contributed by atoms with Crippen LogP contribution in [0.15, 0.2) is 0 Å². The van der Waals surface area contributed by atoms with Crippen LogP contribution < -0.4 is 16.0 Å². The topological polar surface area (TPSA) is 322 Å². The molecule has 0 aliphatic carbocycles. The van der Waals surface area contributed by atoms with Crippen LogP contribution in [0, 0.1) is 0 Å². The number of hydrogen-bond acceptors (Lipinski definition) is 18. The molecule has 8 N–H and O–H groups in total. The van der Waals surface area contributed by atoms with Crippen LogP contribution in [0.2, 0.25) is 0 Å². The van der Waals surface area contributed by atoms with Crippen molar-refractivity contribution in [1.82, 2.24) is 30.7 Å². The van der Waals surface area contributed by atoms with Gasteiger partial charge in [-0.1, -0.05) is 0 Å². The molecule has 0 aliphatic rings. The molecule has 0 fully saturated rings. The number of nitrogens with zero attached hydrogens (tertiary/aromatic N) is 3. The molecule has 24 heteroatoms. The molecule has 366 valence electrons. The lowest BCUT2D eigenvalue weighted by molar-refractivity contribution is -0.139. The Morgan fingerprint density at radius 2 is 0.714 bits per heavy atom. The molecular weight excluding hydrogens is 840 g/mol. The first-order valence-corrected chi connectivity index (χ1v) is 21.2. The van der Waals surface area contributed by atoms with Crippen molar-refractivity contribution in [3.05, 3.63) is 0 Å². The molecule has 0 aromatic rings. The van der Waals surface area contributed by atoms with Crippen LogP contribution in [-0.2, 0) is 62.0 Å². The molecule has 0 aromatic carbocycles. The summed E-state index contributed by atoms with van der Waals surface area (Å²) in [5.74, 6) is -4.17. The molecule has 0 spiro atoms. The minimum absolute atomic E-state index is 0.0209. The second kappa shape index (κ2) is 42.0. The highest BCUT2D eigenvalue weighted by Gasteiger charge is 2.14. The van der Waals surface area contributed by atoms with Crippen molar-refractivity contribution >= 4 is 41.4 Å². The highest BCUT2D eigenvalue weighted by Crippen LogP contribution is 1.99. The van der Waals surface area contributed by atoms with Gasteiger partial charge in [0.25, 0.3) is 0 Å². The summed E-state index contributed by atoms with van der Waals surface area (Å²) in [6.07, 6.45) is -0.0182. The standard InChI is InChI=1S/C39H72N6O18/c46-16-28-62-26-11-43(10-23-59-19-7-40-34(49)3-5-37(52)53)30-33(48)2-1-18-58-22-14-45(32-39(56)57)15-25-61-21-9-42-36(51)31-44(13-27-63-29-17-47)12-24-60-20-8-41-35(50)4-6-38(54)55/h46-47H,1-32H2,(H,40,49)(H,41,50)(H,42,51)(H,52,53)(H,54,55)(H,56,57). The number of ketones is 1. The fourth-order valence-corrected chi connectivity index (χ4v) is 5.27. The molecular formula is C39H72N6O18. The average molecular weight is 913 g/mol. The van der Waals surface area contributed by atoms with Gasteiger partial charge in [0.05, 0.1) is 118 Å². The van der Waals surface area contributed by atoms with E-state index in [9.17, 15) is 38.7 Å². The second-order valence-electron chi connectivity index (χ2n) is 13.8. The lowest BCUT2D eigenvalue weighted by Gasteiger charge is -2.22. The van der Waals surface area contributed by atoms with Crippen molar-refractivity contribution < 1.29 is 87.5 Å². The lowest BCUT2D eigenvalue weighted by Crippen LogP contribution is -2.41. The fraction of sp³-hybridized carbons (Fsp3) is 0.821. The molecule has 0 saturated carbocycles. The van der Waals surface area contributed by atoms with E-state index >= 15 is 0 Å². The van der Waals surface area contributed by atoms with Crippen LogP contribution in [0.25, 0.3) is 0 Å². The van der Waals surface area contributed by atoms with Gasteiger partial charge in [0.15, 0.2) is 0 Å². The highest BCUT2D eigenvalue weighted by molar-refractivity contribution is 5.81. The Balaban J connectivity index is 4.43. The third kappa shape index (κ3) is 41.8. The minimum atomic E-state index is -1.06. The predicted molar refractivity (Wildman–Crippen MR) is 223 cm³/mol. The molecule has 0 aromatic heterocycles. The summed E-state index contributed by atoms with van der Waals surface area (Å²) in [6.45, 7) is 5.43. The largest absolute Gasteiger partial charge is 0.481 e. The molecule has 0 atom stereocenters. The molecule has 0 heterocycles. The number of amides is 3. The molecule has 0 saturated heterocycles. The number of ether oxygens (including phenoxy) is 6. The van der Waals surface area contributed by atoms with E-state index in [4.69, 9.17) is 48.8 Å². The maximum atomic E-state index is 12.7. The van der Waals surface area contributed by atoms with Crippen LogP contribution in [-0.4, -0.2) is 253 Å². The number of carboxylic acids is 3. The molecule has 0 aliphatic heterocycles. The van der Waals surface area contributed by atoms with Gasteiger partial charge in [0.1, 0.15) is 5.78 Å². The Kier molecular flexibility index (Phi) is 39.4. The summed E-state index contributed by atoms with van der Waals surface area (Å²) in [6, 6.07) is 0. The number of rotatable bonds is 47. The second-order valence-corrected chi connectivity index (χ2v) is 13.8. The van der Waals surface area contributed by atoms with Crippen molar-refractivity contribution in [1.29, 1.82) is 0 Å². The van der Waals surface area contributed by atoms with E-state index in [0.717, 1.165) is 0 Å². The summed E-state index contributed by atoms with van der Waals surface area (Å²) < 4.78 is 33.0. The SMILES string of the molecule is O=C(O)CCC(=O)NCCOCCN(CCOCCO)CC(=O)CCCOCCN(CCOCCNC(=O)CN(CCOCCO)CCOCCNC(=O)CCC(=O)O)CC(=O)O. The Morgan fingerprint density at radius 3 is 1.10 bits per heavy atom. The van der Waals surface area contributed by atoms with Crippen molar-refractivity contribution in [2.75, 3.05) is 171 Å². The lowest BCUT2D eigenvalue weighted by atomic mass is 10.2. The quantitative estimate of drug-likeness (QED) is 0.0275. The fourth-order valence-electron chi connectivity index (χ4n) is 5.27. The van der Waals surface area contributed by atoms with Gasteiger partial charge in [-0.15, -0.1) is 0 Å². The summed E-state index contributed by atoms with van der Waals surface area (Å²) in [5.41, 5.74) is 0. The Hall–Kier alpha value is -3.95. The van der Waals surface area contributed by atoms with E-state index in [2.05, 4.69) is 16.0 Å². The van der Waals surface area contributed by atoms with Crippen LogP contribution in [0.1, 0.15) is 38.5 Å². The third-order valence-corrected chi connectivity index (χ3v) is 8.49. The molecule has 0 radical (unpaired) electrons. The van der Waals surface area contributed by atoms with Gasteiger partial charge in [0.2, 0.25) is 17.7 Å². The Labute approximate surface area is 368 Å². The zero-order chi connectivity index (χ0) is 46.8. The Morgan fingerprint density at radius 1 is 0.365 bits per heavy atom. The van der Waals surface area contributed by atoms with Crippen LogP contribution >= 0.6 is 0 Å². The van der Waals surface area contributed by atoms with Crippen LogP contribution in [0.5, 0.6) is 0 Å². The summed E-state index contributed by atoms with van der Waals surface area (Å²) >= 11 is 0. The summed E-state index contributed by atoms with van der Waals surface area (Å²) in [5, 5.41) is 52.5. The van der Waals surface area contributed by atoms with E-state index in [1.807, 2.05) is 4.90 Å². The number of nitrogens with one attached hydrogen (secondary N) is 3. The number of carboxylic acid groups (broad SMARTS) is 3. The van der Waals surface area contributed by atoms with E-state index in [-0.39, 0.29) is 174 Å². The van der Waals surface area contributed by atoms with Gasteiger partial charge >= 0.3 is 17.9 Å². The van der Waals surface area contributed by atoms with Gasteiger partial charge in [0, 0.05) is 84.8 Å².